The van der Waals surface area contributed by atoms with Crippen molar-refractivity contribution in [1.29, 1.82) is 0 Å². The van der Waals surface area contributed by atoms with Crippen molar-refractivity contribution < 1.29 is 9.21 Å². The third kappa shape index (κ3) is 4.43. The molecule has 4 rings (SSSR count). The number of carbonyl (C=O) groups excluding carboxylic acids is 1. The Hall–Kier alpha value is -2.08. The molecule has 6 nitrogen and oxygen atoms in total. The molecule has 27 heavy (non-hydrogen) atoms. The molecule has 2 aromatic heterocycles. The lowest BCUT2D eigenvalue weighted by Crippen LogP contribution is -2.34. The molecule has 0 aromatic carbocycles. The van der Waals surface area contributed by atoms with Crippen LogP contribution in [0.1, 0.15) is 61.9 Å². The highest BCUT2D eigenvalue weighted by Gasteiger charge is 2.25. The second-order valence-corrected chi connectivity index (χ2v) is 7.88. The van der Waals surface area contributed by atoms with Gasteiger partial charge in [0.05, 0.1) is 24.5 Å². The first-order valence-electron chi connectivity index (χ1n) is 10.3. The molecule has 0 unspecified atom stereocenters. The summed E-state index contributed by atoms with van der Waals surface area (Å²) in [5.74, 6) is 2.54. The Bertz CT molecular complexity index is 775. The highest BCUT2D eigenvalue weighted by atomic mass is 16.3. The summed E-state index contributed by atoms with van der Waals surface area (Å²) in [6.45, 7) is 6.39. The van der Waals surface area contributed by atoms with Gasteiger partial charge in [0.1, 0.15) is 11.5 Å². The number of nitrogens with zero attached hydrogens (tertiary/aromatic N) is 3. The first kappa shape index (κ1) is 18.3. The summed E-state index contributed by atoms with van der Waals surface area (Å²) in [5.41, 5.74) is 2.18. The second kappa shape index (κ2) is 8.30. The number of rotatable bonds is 7. The van der Waals surface area contributed by atoms with Gasteiger partial charge in [-0.1, -0.05) is 13.3 Å². The molecule has 1 aliphatic heterocycles. The van der Waals surface area contributed by atoms with Crippen LogP contribution in [-0.4, -0.2) is 27.1 Å². The summed E-state index contributed by atoms with van der Waals surface area (Å²) in [6.07, 6.45) is 6.44. The van der Waals surface area contributed by atoms with Crippen molar-refractivity contribution in [3.05, 3.63) is 41.1 Å². The lowest BCUT2D eigenvalue weighted by Gasteiger charge is -2.23. The van der Waals surface area contributed by atoms with E-state index >= 15 is 0 Å². The van der Waals surface area contributed by atoms with Crippen molar-refractivity contribution in [1.82, 2.24) is 20.0 Å². The van der Waals surface area contributed by atoms with Crippen molar-refractivity contribution in [2.45, 2.75) is 71.6 Å². The number of hydrogen-bond donors (Lipinski definition) is 1. The van der Waals surface area contributed by atoms with E-state index in [9.17, 15) is 4.79 Å². The molecule has 2 aromatic rings. The molecule has 1 saturated carbocycles. The van der Waals surface area contributed by atoms with Gasteiger partial charge in [-0.2, -0.15) is 5.10 Å². The van der Waals surface area contributed by atoms with Gasteiger partial charge in [-0.05, 0) is 43.9 Å². The standard InChI is InChI=1S/C21H30N4O2/c1-2-5-19-8-9-20(27-19)15-24-10-4-11-25-18(14-24)12-17(23-25)13-22-21(26)16-6-3-7-16/h8-9,12,16H,2-7,10-11,13-15H2,1H3,(H,22,26). The largest absolute Gasteiger partial charge is 0.465 e. The van der Waals surface area contributed by atoms with Crippen LogP contribution in [0.25, 0.3) is 0 Å². The molecular formula is C21H30N4O2. The van der Waals surface area contributed by atoms with E-state index in [4.69, 9.17) is 9.52 Å². The van der Waals surface area contributed by atoms with Crippen molar-refractivity contribution in [3.8, 4) is 0 Å². The van der Waals surface area contributed by atoms with Gasteiger partial charge in [0.2, 0.25) is 5.91 Å². The molecule has 0 atom stereocenters. The van der Waals surface area contributed by atoms with Gasteiger partial charge in [0.15, 0.2) is 0 Å². The van der Waals surface area contributed by atoms with Gasteiger partial charge in [-0.25, -0.2) is 0 Å². The molecule has 2 aliphatic rings. The van der Waals surface area contributed by atoms with E-state index in [-0.39, 0.29) is 11.8 Å². The van der Waals surface area contributed by atoms with Crippen LogP contribution in [-0.2, 0) is 37.4 Å². The van der Waals surface area contributed by atoms with Crippen LogP contribution in [0.3, 0.4) is 0 Å². The Morgan fingerprint density at radius 2 is 2.11 bits per heavy atom. The van der Waals surface area contributed by atoms with Crippen LogP contribution in [0.5, 0.6) is 0 Å². The van der Waals surface area contributed by atoms with Crippen LogP contribution >= 0.6 is 0 Å². The molecule has 6 heteroatoms. The number of hydrogen-bond acceptors (Lipinski definition) is 4. The molecule has 1 fully saturated rings. The van der Waals surface area contributed by atoms with E-state index in [0.29, 0.717) is 6.54 Å². The van der Waals surface area contributed by atoms with Gasteiger partial charge in [0, 0.05) is 32.0 Å². The van der Waals surface area contributed by atoms with Crippen molar-refractivity contribution in [2.75, 3.05) is 6.54 Å². The van der Waals surface area contributed by atoms with Crippen LogP contribution in [0.15, 0.2) is 22.6 Å². The molecule has 0 spiro atoms. The number of nitrogens with one attached hydrogen (secondary N) is 1. The van der Waals surface area contributed by atoms with Crippen LogP contribution in [0.4, 0.5) is 0 Å². The number of fused-ring (bicyclic) bond motifs is 1. The summed E-state index contributed by atoms with van der Waals surface area (Å²) in [4.78, 5) is 14.5. The SMILES string of the molecule is CCCc1ccc(CN2CCCn3nc(CNC(=O)C4CCC4)cc3C2)o1. The van der Waals surface area contributed by atoms with Gasteiger partial charge in [0.25, 0.3) is 0 Å². The van der Waals surface area contributed by atoms with Gasteiger partial charge in [-0.3, -0.25) is 14.4 Å². The van der Waals surface area contributed by atoms with E-state index in [2.05, 4.69) is 40.0 Å². The number of aromatic nitrogens is 2. The zero-order chi connectivity index (χ0) is 18.6. The van der Waals surface area contributed by atoms with E-state index < -0.39 is 0 Å². The maximum Gasteiger partial charge on any atom is 0.223 e. The summed E-state index contributed by atoms with van der Waals surface area (Å²) in [6, 6.07) is 6.35. The van der Waals surface area contributed by atoms with Gasteiger partial charge < -0.3 is 9.73 Å². The fourth-order valence-electron chi connectivity index (χ4n) is 3.91. The van der Waals surface area contributed by atoms with E-state index in [1.165, 1.54) is 12.1 Å². The Kier molecular flexibility index (Phi) is 5.62. The third-order valence-electron chi connectivity index (χ3n) is 5.66. The molecule has 0 radical (unpaired) electrons. The number of amides is 1. The number of carbonyl (C=O) groups is 1. The minimum absolute atomic E-state index is 0.187. The molecule has 0 saturated heterocycles. The minimum Gasteiger partial charge on any atom is -0.465 e. The van der Waals surface area contributed by atoms with Gasteiger partial charge in [-0.15, -0.1) is 0 Å². The van der Waals surface area contributed by atoms with Crippen LogP contribution < -0.4 is 5.32 Å². The maximum absolute atomic E-state index is 12.0. The molecule has 146 valence electrons. The molecule has 1 aliphatic carbocycles. The highest BCUT2D eigenvalue weighted by molar-refractivity contribution is 5.79. The summed E-state index contributed by atoms with van der Waals surface area (Å²) >= 11 is 0. The zero-order valence-electron chi connectivity index (χ0n) is 16.2. The molecule has 1 amide bonds. The first-order chi connectivity index (χ1) is 13.2. The average molecular weight is 370 g/mol. The zero-order valence-corrected chi connectivity index (χ0v) is 16.2. The number of furan rings is 1. The predicted octanol–water partition coefficient (Wildman–Crippen LogP) is 3.25. The maximum atomic E-state index is 12.0. The van der Waals surface area contributed by atoms with Gasteiger partial charge >= 0.3 is 0 Å². The Morgan fingerprint density at radius 3 is 2.89 bits per heavy atom. The van der Waals surface area contributed by atoms with Crippen molar-refractivity contribution >= 4 is 5.91 Å². The quantitative estimate of drug-likeness (QED) is 0.813. The minimum atomic E-state index is 0.187. The Balaban J connectivity index is 1.35. The van der Waals surface area contributed by atoms with Crippen LogP contribution in [0.2, 0.25) is 0 Å². The van der Waals surface area contributed by atoms with E-state index in [0.717, 1.165) is 75.5 Å². The average Bonchev–Trinajstić information content (AvgIpc) is 3.14. The van der Waals surface area contributed by atoms with E-state index in [1.807, 2.05) is 0 Å². The lowest BCUT2D eigenvalue weighted by molar-refractivity contribution is -0.127. The summed E-state index contributed by atoms with van der Waals surface area (Å²) in [7, 11) is 0. The molecular weight excluding hydrogens is 340 g/mol. The normalized spacial score (nSPS) is 18.0. The predicted molar refractivity (Wildman–Crippen MR) is 103 cm³/mol. The summed E-state index contributed by atoms with van der Waals surface area (Å²) in [5, 5.41) is 7.76. The fraction of sp³-hybridized carbons (Fsp3) is 0.619. The van der Waals surface area contributed by atoms with Crippen molar-refractivity contribution in [3.63, 3.8) is 0 Å². The van der Waals surface area contributed by atoms with E-state index in [1.54, 1.807) is 0 Å². The first-order valence-corrected chi connectivity index (χ1v) is 10.3. The molecule has 1 N–H and O–H groups in total. The molecule has 0 bridgehead atoms. The summed E-state index contributed by atoms with van der Waals surface area (Å²) < 4.78 is 8.06. The Labute approximate surface area is 160 Å². The monoisotopic (exact) mass is 370 g/mol. The number of aryl methyl sites for hydroxylation is 2. The third-order valence-corrected chi connectivity index (χ3v) is 5.66. The van der Waals surface area contributed by atoms with Crippen LogP contribution in [0, 0.1) is 5.92 Å². The second-order valence-electron chi connectivity index (χ2n) is 7.88. The highest BCUT2D eigenvalue weighted by Crippen LogP contribution is 2.26. The lowest BCUT2D eigenvalue weighted by atomic mass is 9.85. The molecule has 3 heterocycles. The fourth-order valence-corrected chi connectivity index (χ4v) is 3.91. The van der Waals surface area contributed by atoms with Crippen molar-refractivity contribution in [2.24, 2.45) is 5.92 Å². The Morgan fingerprint density at radius 1 is 1.26 bits per heavy atom. The smallest absolute Gasteiger partial charge is 0.223 e. The topological polar surface area (TPSA) is 63.3 Å².